The van der Waals surface area contributed by atoms with Crippen molar-refractivity contribution in [3.8, 4) is 0 Å². The summed E-state index contributed by atoms with van der Waals surface area (Å²) in [6.45, 7) is 4.02. The zero-order valence-corrected chi connectivity index (χ0v) is 12.6. The molecule has 116 valence electrons. The fourth-order valence-electron chi connectivity index (χ4n) is 1.62. The molecule has 0 fully saturated rings. The van der Waals surface area contributed by atoms with E-state index in [4.69, 9.17) is 5.11 Å². The fourth-order valence-corrected chi connectivity index (χ4v) is 3.51. The molecule has 0 heterocycles. The lowest BCUT2D eigenvalue weighted by molar-refractivity contribution is -0.145. The van der Waals surface area contributed by atoms with Gasteiger partial charge in [0.25, 0.3) is 0 Å². The lowest BCUT2D eigenvalue weighted by atomic mass is 10.1. The number of carboxylic acid groups (broad SMARTS) is 1. The van der Waals surface area contributed by atoms with E-state index in [0.717, 1.165) is 13.8 Å². The summed E-state index contributed by atoms with van der Waals surface area (Å²) in [5, 5.41) is 11.2. The van der Waals surface area contributed by atoms with Crippen LogP contribution in [0.2, 0.25) is 0 Å². The fraction of sp³-hybridized carbons (Fsp3) is 0.727. The molecule has 2 unspecified atom stereocenters. The molecule has 0 aromatic carbocycles. The van der Waals surface area contributed by atoms with Gasteiger partial charge in [-0.1, -0.05) is 0 Å². The van der Waals surface area contributed by atoms with Gasteiger partial charge in [-0.2, -0.15) is 0 Å². The van der Waals surface area contributed by atoms with E-state index in [2.05, 4.69) is 10.1 Å². The first-order valence-electron chi connectivity index (χ1n) is 6.01. The Morgan fingerprint density at radius 3 is 2.30 bits per heavy atom. The summed E-state index contributed by atoms with van der Waals surface area (Å²) in [6, 6.07) is 0. The zero-order valence-electron chi connectivity index (χ0n) is 11.7. The minimum atomic E-state index is -3.90. The molecule has 20 heavy (non-hydrogen) atoms. The number of rotatable bonds is 8. The molecule has 1 amide bonds. The molecule has 0 spiro atoms. The average molecular weight is 309 g/mol. The van der Waals surface area contributed by atoms with E-state index in [1.807, 2.05) is 0 Å². The first-order chi connectivity index (χ1) is 9.02. The van der Waals surface area contributed by atoms with Gasteiger partial charge in [0.1, 0.15) is 5.54 Å². The number of hydrogen-bond acceptors (Lipinski definition) is 5. The Kier molecular flexibility index (Phi) is 6.88. The molecule has 0 radical (unpaired) electrons. The number of aliphatic carboxylic acids is 1. The van der Waals surface area contributed by atoms with E-state index in [-0.39, 0.29) is 13.0 Å². The maximum Gasteiger partial charge on any atom is 0.329 e. The number of ether oxygens (including phenoxy) is 1. The quantitative estimate of drug-likeness (QED) is 0.431. The molecule has 0 aromatic heterocycles. The zero-order chi connectivity index (χ0) is 16.0. The number of hydrogen-bond donors (Lipinski definition) is 3. The maximum absolute atomic E-state index is 12.0. The SMILES string of the molecule is CCOC(=O)CCP(=O)(O)CC(C)(NC(C)=O)C(=O)O. The van der Waals surface area contributed by atoms with Crippen LogP contribution in [-0.2, 0) is 23.7 Å². The number of esters is 1. The lowest BCUT2D eigenvalue weighted by Crippen LogP contribution is -2.54. The highest BCUT2D eigenvalue weighted by Crippen LogP contribution is 2.44. The Hall–Kier alpha value is -1.40. The second-order valence-corrected chi connectivity index (χ2v) is 7.06. The van der Waals surface area contributed by atoms with Crippen molar-refractivity contribution in [3.63, 3.8) is 0 Å². The van der Waals surface area contributed by atoms with Crippen molar-refractivity contribution in [1.82, 2.24) is 5.32 Å². The molecule has 0 aliphatic carbocycles. The largest absolute Gasteiger partial charge is 0.479 e. The molecule has 3 N–H and O–H groups in total. The predicted molar refractivity (Wildman–Crippen MR) is 70.7 cm³/mol. The molecule has 0 bridgehead atoms. The third kappa shape index (κ3) is 6.68. The molecule has 0 aromatic rings. The first-order valence-corrected chi connectivity index (χ1v) is 8.04. The predicted octanol–water partition coefficient (Wildman–Crippen LogP) is 0.189. The van der Waals surface area contributed by atoms with Crippen molar-refractivity contribution in [2.24, 2.45) is 0 Å². The van der Waals surface area contributed by atoms with Gasteiger partial charge in [0.05, 0.1) is 19.2 Å². The monoisotopic (exact) mass is 309 g/mol. The van der Waals surface area contributed by atoms with Crippen LogP contribution in [0.5, 0.6) is 0 Å². The van der Waals surface area contributed by atoms with Crippen molar-refractivity contribution in [1.29, 1.82) is 0 Å². The minimum Gasteiger partial charge on any atom is -0.479 e. The Morgan fingerprint density at radius 2 is 1.90 bits per heavy atom. The van der Waals surface area contributed by atoms with Crippen LogP contribution < -0.4 is 5.32 Å². The molecule has 0 aliphatic rings. The third-order valence-corrected chi connectivity index (χ3v) is 4.51. The molecular formula is C11H20NO7P. The Balaban J connectivity index is 4.77. The number of carbonyl (C=O) groups is 3. The van der Waals surface area contributed by atoms with Gasteiger partial charge < -0.3 is 20.1 Å². The van der Waals surface area contributed by atoms with Crippen LogP contribution in [0.15, 0.2) is 0 Å². The Bertz CT molecular complexity index is 436. The van der Waals surface area contributed by atoms with Crippen LogP contribution in [0, 0.1) is 0 Å². The summed E-state index contributed by atoms with van der Waals surface area (Å²) in [6.07, 6.45) is -1.33. The first kappa shape index (κ1) is 18.6. The van der Waals surface area contributed by atoms with E-state index < -0.39 is 43.1 Å². The van der Waals surface area contributed by atoms with Crippen molar-refractivity contribution in [2.45, 2.75) is 32.7 Å². The second kappa shape index (κ2) is 7.40. The van der Waals surface area contributed by atoms with Crippen molar-refractivity contribution in [3.05, 3.63) is 0 Å². The van der Waals surface area contributed by atoms with Crippen molar-refractivity contribution < 1.29 is 33.7 Å². The molecule has 2 atom stereocenters. The van der Waals surface area contributed by atoms with Gasteiger partial charge in [-0.05, 0) is 13.8 Å². The van der Waals surface area contributed by atoms with Gasteiger partial charge in [-0.15, -0.1) is 0 Å². The lowest BCUT2D eigenvalue weighted by Gasteiger charge is -2.27. The van der Waals surface area contributed by atoms with Crippen LogP contribution in [-0.4, -0.2) is 52.3 Å². The average Bonchev–Trinajstić information content (AvgIpc) is 2.25. The van der Waals surface area contributed by atoms with Gasteiger partial charge in [0.2, 0.25) is 13.3 Å². The topological polar surface area (TPSA) is 130 Å². The molecule has 8 nitrogen and oxygen atoms in total. The summed E-state index contributed by atoms with van der Waals surface area (Å²) < 4.78 is 16.6. The van der Waals surface area contributed by atoms with Crippen molar-refractivity contribution >= 4 is 25.2 Å². The van der Waals surface area contributed by atoms with E-state index in [1.54, 1.807) is 6.92 Å². The summed E-state index contributed by atoms with van der Waals surface area (Å²) in [4.78, 5) is 43.0. The van der Waals surface area contributed by atoms with Gasteiger partial charge in [0.15, 0.2) is 0 Å². The number of carbonyl (C=O) groups excluding carboxylic acids is 2. The molecule has 0 aliphatic heterocycles. The normalized spacial score (nSPS) is 16.6. The highest BCUT2D eigenvalue weighted by Gasteiger charge is 2.40. The van der Waals surface area contributed by atoms with Crippen LogP contribution in [0.4, 0.5) is 0 Å². The van der Waals surface area contributed by atoms with Crippen molar-refractivity contribution in [2.75, 3.05) is 18.9 Å². The van der Waals surface area contributed by atoms with Gasteiger partial charge in [-0.25, -0.2) is 4.79 Å². The summed E-state index contributed by atoms with van der Waals surface area (Å²) in [5.41, 5.74) is -1.86. The number of amides is 1. The molecule has 0 rings (SSSR count). The second-order valence-electron chi connectivity index (χ2n) is 4.60. The van der Waals surface area contributed by atoms with Gasteiger partial charge in [-0.3, -0.25) is 14.2 Å². The van der Waals surface area contributed by atoms with E-state index in [0.29, 0.717) is 0 Å². The Morgan fingerprint density at radius 1 is 1.35 bits per heavy atom. The standard InChI is InChI=1S/C11H20NO7P/c1-4-19-9(14)5-6-20(17,18)7-11(3,10(15)16)12-8(2)13/h4-7H2,1-3H3,(H,12,13)(H,15,16)(H,17,18). The molecule has 9 heteroatoms. The van der Waals surface area contributed by atoms with Gasteiger partial charge in [0, 0.05) is 13.1 Å². The Labute approximate surface area is 117 Å². The minimum absolute atomic E-state index is 0.160. The highest BCUT2D eigenvalue weighted by atomic mass is 31.2. The molecule has 0 saturated heterocycles. The van der Waals surface area contributed by atoms with E-state index in [1.165, 1.54) is 0 Å². The smallest absolute Gasteiger partial charge is 0.329 e. The van der Waals surface area contributed by atoms with E-state index in [9.17, 15) is 23.8 Å². The summed E-state index contributed by atoms with van der Waals surface area (Å²) in [5.74, 6) is -2.67. The maximum atomic E-state index is 12.0. The molecule has 0 saturated carbocycles. The third-order valence-electron chi connectivity index (χ3n) is 2.46. The highest BCUT2D eigenvalue weighted by molar-refractivity contribution is 7.58. The van der Waals surface area contributed by atoms with Crippen LogP contribution >= 0.6 is 7.37 Å². The summed E-state index contributed by atoms with van der Waals surface area (Å²) in [7, 11) is -3.90. The molecular weight excluding hydrogens is 289 g/mol. The number of carboxylic acids is 1. The van der Waals surface area contributed by atoms with Gasteiger partial charge >= 0.3 is 11.9 Å². The van der Waals surface area contributed by atoms with E-state index >= 15 is 0 Å². The summed E-state index contributed by atoms with van der Waals surface area (Å²) >= 11 is 0. The van der Waals surface area contributed by atoms with Crippen LogP contribution in [0.3, 0.4) is 0 Å². The van der Waals surface area contributed by atoms with Crippen LogP contribution in [0.1, 0.15) is 27.2 Å². The number of nitrogens with one attached hydrogen (secondary N) is 1. The van der Waals surface area contributed by atoms with Crippen LogP contribution in [0.25, 0.3) is 0 Å².